The average molecular weight is 233 g/mol. The number of hydrogen-bond acceptors (Lipinski definition) is 1. The Labute approximate surface area is 94.7 Å². The van der Waals surface area contributed by atoms with E-state index >= 15 is 0 Å². The van der Waals surface area contributed by atoms with E-state index in [1.54, 1.807) is 25.1 Å². The van der Waals surface area contributed by atoms with Gasteiger partial charge in [-0.2, -0.15) is 0 Å². The van der Waals surface area contributed by atoms with Gasteiger partial charge >= 0.3 is 0 Å². The molecule has 3 heteroatoms. The second kappa shape index (κ2) is 4.09. The van der Waals surface area contributed by atoms with Crippen molar-refractivity contribution in [3.8, 4) is 0 Å². The molecule has 1 unspecified atom stereocenters. The largest absolute Gasteiger partial charge is 0.385 e. The molecule has 78 valence electrons. The summed E-state index contributed by atoms with van der Waals surface area (Å²) in [6.07, 6.45) is 0. The summed E-state index contributed by atoms with van der Waals surface area (Å²) < 4.78 is 0. The van der Waals surface area contributed by atoms with Crippen molar-refractivity contribution < 1.29 is 5.11 Å². The molecule has 1 rings (SSSR count). The van der Waals surface area contributed by atoms with Crippen LogP contribution in [-0.4, -0.2) is 5.11 Å². The van der Waals surface area contributed by atoms with Crippen molar-refractivity contribution in [3.05, 3.63) is 33.8 Å². The molecule has 0 saturated heterocycles. The quantitative estimate of drug-likeness (QED) is 0.822. The minimum absolute atomic E-state index is 0.108. The van der Waals surface area contributed by atoms with E-state index in [4.69, 9.17) is 23.2 Å². The molecule has 0 bridgehead atoms. The molecule has 1 atom stereocenters. The third-order valence-electron chi connectivity index (χ3n) is 2.57. The summed E-state index contributed by atoms with van der Waals surface area (Å²) in [4.78, 5) is 0. The highest BCUT2D eigenvalue weighted by Gasteiger charge is 2.27. The standard InChI is InChI=1S/C11H14Cl2O/c1-7(2)11(3,14)8-4-9(12)6-10(13)5-8/h4-7,14H,1-3H3. The van der Waals surface area contributed by atoms with Crippen molar-refractivity contribution in [2.75, 3.05) is 0 Å². The van der Waals surface area contributed by atoms with E-state index in [1.807, 2.05) is 13.8 Å². The topological polar surface area (TPSA) is 20.2 Å². The van der Waals surface area contributed by atoms with Gasteiger partial charge in [-0.25, -0.2) is 0 Å². The lowest BCUT2D eigenvalue weighted by Gasteiger charge is -2.28. The summed E-state index contributed by atoms with van der Waals surface area (Å²) in [5, 5.41) is 11.3. The zero-order chi connectivity index (χ0) is 10.9. The molecule has 0 aliphatic rings. The van der Waals surface area contributed by atoms with E-state index in [0.717, 1.165) is 5.56 Å². The highest BCUT2D eigenvalue weighted by Crippen LogP contribution is 2.32. The van der Waals surface area contributed by atoms with Crippen molar-refractivity contribution in [3.63, 3.8) is 0 Å². The van der Waals surface area contributed by atoms with E-state index in [1.165, 1.54) is 0 Å². The van der Waals surface area contributed by atoms with Gasteiger partial charge < -0.3 is 5.11 Å². The molecule has 1 N–H and O–H groups in total. The van der Waals surface area contributed by atoms with E-state index in [0.29, 0.717) is 10.0 Å². The molecule has 1 aromatic carbocycles. The normalized spacial score (nSPS) is 15.6. The summed E-state index contributed by atoms with van der Waals surface area (Å²) in [7, 11) is 0. The summed E-state index contributed by atoms with van der Waals surface area (Å²) in [6.45, 7) is 5.67. The number of benzene rings is 1. The average Bonchev–Trinajstić information content (AvgIpc) is 2.01. The molecule has 0 spiro atoms. The zero-order valence-electron chi connectivity index (χ0n) is 8.51. The molecule has 1 aromatic rings. The second-order valence-electron chi connectivity index (χ2n) is 3.96. The van der Waals surface area contributed by atoms with Crippen molar-refractivity contribution in [2.45, 2.75) is 26.4 Å². The van der Waals surface area contributed by atoms with Gasteiger partial charge in [0, 0.05) is 10.0 Å². The van der Waals surface area contributed by atoms with Crippen LogP contribution in [0.25, 0.3) is 0 Å². The minimum atomic E-state index is -0.894. The maximum Gasteiger partial charge on any atom is 0.0892 e. The SMILES string of the molecule is CC(C)C(C)(O)c1cc(Cl)cc(Cl)c1. The Hall–Kier alpha value is -0.240. The molecule has 0 radical (unpaired) electrons. The van der Waals surface area contributed by atoms with Crippen LogP contribution in [0.1, 0.15) is 26.3 Å². The van der Waals surface area contributed by atoms with Gasteiger partial charge in [-0.15, -0.1) is 0 Å². The Balaban J connectivity index is 3.18. The van der Waals surface area contributed by atoms with Crippen LogP contribution in [0.2, 0.25) is 10.0 Å². The Kier molecular flexibility index (Phi) is 3.46. The van der Waals surface area contributed by atoms with E-state index < -0.39 is 5.60 Å². The fraction of sp³-hybridized carbons (Fsp3) is 0.455. The van der Waals surface area contributed by atoms with Crippen LogP contribution in [-0.2, 0) is 5.60 Å². The molecule has 0 aromatic heterocycles. The fourth-order valence-electron chi connectivity index (χ4n) is 1.18. The molecule has 14 heavy (non-hydrogen) atoms. The molecule has 0 aliphatic heterocycles. The molecule has 0 saturated carbocycles. The van der Waals surface area contributed by atoms with Crippen molar-refractivity contribution in [2.24, 2.45) is 5.92 Å². The summed E-state index contributed by atoms with van der Waals surface area (Å²) in [5.41, 5.74) is -0.140. The monoisotopic (exact) mass is 232 g/mol. The molecule has 0 amide bonds. The maximum atomic E-state index is 10.2. The molecular weight excluding hydrogens is 219 g/mol. The first-order valence-corrected chi connectivity index (χ1v) is 5.28. The van der Waals surface area contributed by atoms with E-state index in [-0.39, 0.29) is 5.92 Å². The fourth-order valence-corrected chi connectivity index (χ4v) is 1.71. The van der Waals surface area contributed by atoms with Crippen molar-refractivity contribution in [1.82, 2.24) is 0 Å². The van der Waals surface area contributed by atoms with Crippen LogP contribution in [0.3, 0.4) is 0 Å². The number of rotatable bonds is 2. The van der Waals surface area contributed by atoms with Crippen LogP contribution >= 0.6 is 23.2 Å². The third-order valence-corrected chi connectivity index (χ3v) is 3.01. The van der Waals surface area contributed by atoms with Crippen LogP contribution in [0.4, 0.5) is 0 Å². The summed E-state index contributed by atoms with van der Waals surface area (Å²) >= 11 is 11.7. The Morgan fingerprint density at radius 1 is 1.14 bits per heavy atom. The van der Waals surface area contributed by atoms with Gasteiger partial charge in [-0.1, -0.05) is 37.0 Å². The highest BCUT2D eigenvalue weighted by molar-refractivity contribution is 6.34. The summed E-state index contributed by atoms with van der Waals surface area (Å²) in [5.74, 6) is 0.108. The first-order valence-electron chi connectivity index (χ1n) is 4.53. The van der Waals surface area contributed by atoms with Gasteiger partial charge in [0.15, 0.2) is 0 Å². The molecule has 0 aliphatic carbocycles. The molecular formula is C11H14Cl2O. The van der Waals surface area contributed by atoms with Crippen LogP contribution in [0, 0.1) is 5.92 Å². The number of hydrogen-bond donors (Lipinski definition) is 1. The number of aliphatic hydroxyl groups is 1. The lowest BCUT2D eigenvalue weighted by molar-refractivity contribution is 0.00906. The van der Waals surface area contributed by atoms with E-state index in [2.05, 4.69) is 0 Å². The van der Waals surface area contributed by atoms with Gasteiger partial charge in [0.2, 0.25) is 0 Å². The lowest BCUT2D eigenvalue weighted by atomic mass is 9.85. The Bertz CT molecular complexity index is 312. The number of halogens is 2. The maximum absolute atomic E-state index is 10.2. The van der Waals surface area contributed by atoms with Crippen LogP contribution < -0.4 is 0 Å². The predicted molar refractivity (Wildman–Crippen MR) is 60.9 cm³/mol. The zero-order valence-corrected chi connectivity index (χ0v) is 10.0. The van der Waals surface area contributed by atoms with Gasteiger partial charge in [-0.05, 0) is 36.6 Å². The molecule has 0 heterocycles. The van der Waals surface area contributed by atoms with Gasteiger partial charge in [0.1, 0.15) is 0 Å². The van der Waals surface area contributed by atoms with E-state index in [9.17, 15) is 5.11 Å². The Morgan fingerprint density at radius 2 is 1.57 bits per heavy atom. The molecule has 1 nitrogen and oxygen atoms in total. The lowest BCUT2D eigenvalue weighted by Crippen LogP contribution is -2.27. The van der Waals surface area contributed by atoms with Crippen molar-refractivity contribution >= 4 is 23.2 Å². The molecule has 0 fully saturated rings. The van der Waals surface area contributed by atoms with Crippen molar-refractivity contribution in [1.29, 1.82) is 0 Å². The van der Waals surface area contributed by atoms with Gasteiger partial charge in [0.25, 0.3) is 0 Å². The van der Waals surface area contributed by atoms with Crippen LogP contribution in [0.15, 0.2) is 18.2 Å². The van der Waals surface area contributed by atoms with Crippen LogP contribution in [0.5, 0.6) is 0 Å². The van der Waals surface area contributed by atoms with Gasteiger partial charge in [0.05, 0.1) is 5.60 Å². The Morgan fingerprint density at radius 3 is 1.93 bits per heavy atom. The first-order chi connectivity index (χ1) is 6.34. The smallest absolute Gasteiger partial charge is 0.0892 e. The summed E-state index contributed by atoms with van der Waals surface area (Å²) in [6, 6.07) is 5.14. The van der Waals surface area contributed by atoms with Gasteiger partial charge in [-0.3, -0.25) is 0 Å². The third kappa shape index (κ3) is 2.41. The highest BCUT2D eigenvalue weighted by atomic mass is 35.5. The second-order valence-corrected chi connectivity index (χ2v) is 4.83. The minimum Gasteiger partial charge on any atom is -0.385 e. The predicted octanol–water partition coefficient (Wildman–Crippen LogP) is 3.86. The first kappa shape index (κ1) is 11.8.